The van der Waals surface area contributed by atoms with E-state index in [1.54, 1.807) is 0 Å². The van der Waals surface area contributed by atoms with Gasteiger partial charge in [0.15, 0.2) is 0 Å². The summed E-state index contributed by atoms with van der Waals surface area (Å²) in [6.45, 7) is 3.91. The molecule has 0 atom stereocenters. The molecule has 1 rings (SSSR count). The number of phenols is 1. The van der Waals surface area contributed by atoms with Crippen LogP contribution in [0.15, 0.2) is 12.1 Å². The normalized spacial score (nSPS) is 9.80. The topological polar surface area (TPSA) is 20.2 Å². The van der Waals surface area contributed by atoms with E-state index in [-0.39, 0.29) is 5.75 Å². The van der Waals surface area contributed by atoms with Crippen LogP contribution in [0.25, 0.3) is 0 Å². The molecule has 0 spiro atoms. The molecule has 0 saturated heterocycles. The molecule has 0 heterocycles. The van der Waals surface area contributed by atoms with E-state index >= 15 is 0 Å². The summed E-state index contributed by atoms with van der Waals surface area (Å²) >= 11 is 0. The van der Waals surface area contributed by atoms with E-state index in [2.05, 4.69) is 6.07 Å². The summed E-state index contributed by atoms with van der Waals surface area (Å²) in [4.78, 5) is 0. The lowest BCUT2D eigenvalue weighted by molar-refractivity contribution is 0.469. The number of benzene rings is 1. The first-order chi connectivity index (χ1) is 4.74. The molecule has 0 aliphatic rings. The second-order valence-electron chi connectivity index (χ2n) is 2.37. The van der Waals surface area contributed by atoms with Crippen molar-refractivity contribution in [1.82, 2.24) is 0 Å². The first-order valence-corrected chi connectivity index (χ1v) is 3.44. The molecule has 0 bridgehead atoms. The van der Waals surface area contributed by atoms with Crippen LogP contribution in [-0.2, 0) is 6.42 Å². The smallest absolute Gasteiger partial charge is 0.126 e. The van der Waals surface area contributed by atoms with Crippen LogP contribution in [0.2, 0.25) is 0 Å². The molecule has 0 saturated carbocycles. The van der Waals surface area contributed by atoms with E-state index in [0.29, 0.717) is 0 Å². The molecule has 0 unspecified atom stereocenters. The van der Waals surface area contributed by atoms with Crippen LogP contribution >= 0.6 is 0 Å². The Morgan fingerprint density at radius 1 is 1.50 bits per heavy atom. The molecule has 0 aliphatic heterocycles. The number of hydrogen-bond donors (Lipinski definition) is 1. The van der Waals surface area contributed by atoms with Crippen LogP contribution in [0, 0.1) is 13.0 Å². The van der Waals surface area contributed by atoms with Crippen LogP contribution in [-0.4, -0.2) is 5.11 Å². The predicted octanol–water partition coefficient (Wildman–Crippen LogP) is 2.06. The first-order valence-electron chi connectivity index (χ1n) is 3.44. The third-order valence-electron chi connectivity index (χ3n) is 1.57. The molecular formula is C9H11O. The van der Waals surface area contributed by atoms with Crippen molar-refractivity contribution in [3.05, 3.63) is 29.3 Å². The third kappa shape index (κ3) is 1.29. The summed E-state index contributed by atoms with van der Waals surface area (Å²) in [5.41, 5.74) is 1.94. The fourth-order valence-corrected chi connectivity index (χ4v) is 0.803. The van der Waals surface area contributed by atoms with E-state index in [9.17, 15) is 5.11 Å². The third-order valence-corrected chi connectivity index (χ3v) is 1.57. The standard InChI is InChI=1S/C9H11O/c1-3-8-5-4-7(2)9(10)6-8/h4-5,10H,3H2,1-2H3. The molecule has 1 radical (unpaired) electrons. The molecule has 0 fully saturated rings. The van der Waals surface area contributed by atoms with Crippen LogP contribution in [0.3, 0.4) is 0 Å². The van der Waals surface area contributed by atoms with Gasteiger partial charge in [0.2, 0.25) is 0 Å². The fraction of sp³-hybridized carbons (Fsp3) is 0.333. The highest BCUT2D eigenvalue weighted by molar-refractivity contribution is 5.33. The van der Waals surface area contributed by atoms with E-state index in [1.807, 2.05) is 26.0 Å². The van der Waals surface area contributed by atoms with E-state index in [4.69, 9.17) is 0 Å². The van der Waals surface area contributed by atoms with Crippen molar-refractivity contribution >= 4 is 0 Å². The number of aromatic hydroxyl groups is 1. The van der Waals surface area contributed by atoms with Crippen molar-refractivity contribution in [3.63, 3.8) is 0 Å². The van der Waals surface area contributed by atoms with Gasteiger partial charge < -0.3 is 5.11 Å². The lowest BCUT2D eigenvalue weighted by Gasteiger charge is -1.99. The predicted molar refractivity (Wildman–Crippen MR) is 41.1 cm³/mol. The molecular weight excluding hydrogens is 124 g/mol. The summed E-state index contributed by atoms with van der Waals surface area (Å²) in [5, 5.41) is 9.18. The summed E-state index contributed by atoms with van der Waals surface area (Å²) in [6.07, 6.45) is 0.924. The lowest BCUT2D eigenvalue weighted by atomic mass is 10.1. The van der Waals surface area contributed by atoms with Crippen LogP contribution in [0.4, 0.5) is 0 Å². The minimum Gasteiger partial charge on any atom is -0.507 e. The average Bonchev–Trinajstić information content (AvgIpc) is 1.95. The summed E-state index contributed by atoms with van der Waals surface area (Å²) < 4.78 is 0. The summed E-state index contributed by atoms with van der Waals surface area (Å²) in [6, 6.07) is 6.77. The quantitative estimate of drug-likeness (QED) is 0.625. The maximum absolute atomic E-state index is 9.18. The van der Waals surface area contributed by atoms with Gasteiger partial charge in [0, 0.05) is 6.07 Å². The second kappa shape index (κ2) is 2.74. The van der Waals surface area contributed by atoms with Crippen molar-refractivity contribution in [2.45, 2.75) is 20.3 Å². The fourth-order valence-electron chi connectivity index (χ4n) is 0.803. The highest BCUT2D eigenvalue weighted by Crippen LogP contribution is 2.16. The van der Waals surface area contributed by atoms with Crippen LogP contribution in [0.1, 0.15) is 18.1 Å². The van der Waals surface area contributed by atoms with E-state index in [0.717, 1.165) is 17.5 Å². The number of hydrogen-bond acceptors (Lipinski definition) is 1. The summed E-state index contributed by atoms with van der Waals surface area (Å²) in [5.74, 6) is 0.277. The van der Waals surface area contributed by atoms with Crippen molar-refractivity contribution in [1.29, 1.82) is 0 Å². The molecule has 0 aromatic heterocycles. The van der Waals surface area contributed by atoms with Crippen LogP contribution < -0.4 is 0 Å². The Labute approximate surface area is 61.3 Å². The van der Waals surface area contributed by atoms with Crippen molar-refractivity contribution < 1.29 is 5.11 Å². The van der Waals surface area contributed by atoms with Crippen LogP contribution in [0.5, 0.6) is 5.75 Å². The largest absolute Gasteiger partial charge is 0.507 e. The minimum atomic E-state index is 0.277. The Hall–Kier alpha value is -0.980. The molecule has 0 aliphatic carbocycles. The molecule has 1 aromatic carbocycles. The highest BCUT2D eigenvalue weighted by Gasteiger charge is 1.95. The zero-order valence-corrected chi connectivity index (χ0v) is 6.31. The Bertz CT molecular complexity index is 228. The van der Waals surface area contributed by atoms with Crippen molar-refractivity contribution in [3.8, 4) is 5.75 Å². The zero-order valence-electron chi connectivity index (χ0n) is 6.31. The van der Waals surface area contributed by atoms with Gasteiger partial charge in [-0.25, -0.2) is 0 Å². The van der Waals surface area contributed by atoms with Gasteiger partial charge in [0.05, 0.1) is 0 Å². The molecule has 0 amide bonds. The zero-order chi connectivity index (χ0) is 7.56. The van der Waals surface area contributed by atoms with Gasteiger partial charge >= 0.3 is 0 Å². The Kier molecular flexibility index (Phi) is 1.95. The maximum Gasteiger partial charge on any atom is 0.126 e. The van der Waals surface area contributed by atoms with Gasteiger partial charge in [-0.15, -0.1) is 0 Å². The summed E-state index contributed by atoms with van der Waals surface area (Å²) in [7, 11) is 0. The van der Waals surface area contributed by atoms with Gasteiger partial charge in [-0.05, 0) is 24.5 Å². The molecule has 10 heavy (non-hydrogen) atoms. The number of aryl methyl sites for hydroxylation is 2. The number of rotatable bonds is 1. The molecule has 1 N–H and O–H groups in total. The minimum absolute atomic E-state index is 0.277. The van der Waals surface area contributed by atoms with E-state index < -0.39 is 0 Å². The molecule has 1 aromatic rings. The van der Waals surface area contributed by atoms with Gasteiger partial charge in [-0.3, -0.25) is 0 Å². The molecule has 1 nitrogen and oxygen atoms in total. The lowest BCUT2D eigenvalue weighted by Crippen LogP contribution is -1.81. The van der Waals surface area contributed by atoms with Crippen molar-refractivity contribution in [2.75, 3.05) is 0 Å². The second-order valence-corrected chi connectivity index (χ2v) is 2.37. The Morgan fingerprint density at radius 2 is 2.20 bits per heavy atom. The molecule has 53 valence electrons. The van der Waals surface area contributed by atoms with Gasteiger partial charge in [0.25, 0.3) is 0 Å². The van der Waals surface area contributed by atoms with Gasteiger partial charge in [0.1, 0.15) is 5.75 Å². The van der Waals surface area contributed by atoms with E-state index in [1.165, 1.54) is 0 Å². The highest BCUT2D eigenvalue weighted by atomic mass is 16.3. The Morgan fingerprint density at radius 3 is 2.70 bits per heavy atom. The van der Waals surface area contributed by atoms with Gasteiger partial charge in [-0.1, -0.05) is 19.1 Å². The van der Waals surface area contributed by atoms with Gasteiger partial charge in [-0.2, -0.15) is 0 Å². The molecule has 1 heteroatoms. The maximum atomic E-state index is 9.18. The number of phenolic OH excluding ortho intramolecular Hbond substituents is 1. The monoisotopic (exact) mass is 135 g/mol. The SMILES string of the molecule is CCc1[c]c(O)c(C)cc1. The first kappa shape index (κ1) is 7.13. The average molecular weight is 135 g/mol. The Balaban J connectivity index is 3.04. The van der Waals surface area contributed by atoms with Crippen molar-refractivity contribution in [2.24, 2.45) is 0 Å².